The fraction of sp³-hybridized carbons (Fsp3) is 0.933. The van der Waals surface area contributed by atoms with E-state index in [-0.39, 0.29) is 11.9 Å². The van der Waals surface area contributed by atoms with Crippen LogP contribution >= 0.6 is 0 Å². The summed E-state index contributed by atoms with van der Waals surface area (Å²) in [6.07, 6.45) is 6.21. The van der Waals surface area contributed by atoms with E-state index in [0.29, 0.717) is 24.5 Å². The molecular weight excluding hydrogens is 228 g/mol. The van der Waals surface area contributed by atoms with Gasteiger partial charge >= 0.3 is 5.97 Å². The third-order valence-electron chi connectivity index (χ3n) is 5.60. The van der Waals surface area contributed by atoms with Gasteiger partial charge in [0, 0.05) is 13.0 Å². The third-order valence-corrected chi connectivity index (χ3v) is 5.60. The van der Waals surface area contributed by atoms with Crippen molar-refractivity contribution in [2.24, 2.45) is 29.6 Å². The summed E-state index contributed by atoms with van der Waals surface area (Å²) in [6.45, 7) is 3.02. The van der Waals surface area contributed by atoms with Gasteiger partial charge < -0.3 is 9.47 Å². The smallest absolute Gasteiger partial charge is 0.309 e. The molecule has 3 rings (SSSR count). The first-order valence-corrected chi connectivity index (χ1v) is 7.40. The van der Waals surface area contributed by atoms with Gasteiger partial charge in [0.25, 0.3) is 0 Å². The van der Waals surface area contributed by atoms with Gasteiger partial charge in [0.1, 0.15) is 0 Å². The van der Waals surface area contributed by atoms with Gasteiger partial charge in [-0.2, -0.15) is 0 Å². The lowest BCUT2D eigenvalue weighted by Gasteiger charge is -2.31. The van der Waals surface area contributed by atoms with Crippen molar-refractivity contribution in [2.75, 3.05) is 13.7 Å². The van der Waals surface area contributed by atoms with Gasteiger partial charge in [-0.15, -0.1) is 0 Å². The molecule has 2 saturated carbocycles. The second kappa shape index (κ2) is 4.84. The van der Waals surface area contributed by atoms with Crippen LogP contribution in [0.4, 0.5) is 0 Å². The average Bonchev–Trinajstić information content (AvgIpc) is 2.80. The summed E-state index contributed by atoms with van der Waals surface area (Å²) < 4.78 is 11.0. The highest BCUT2D eigenvalue weighted by molar-refractivity contribution is 5.74. The Bertz CT molecular complexity index is 328. The van der Waals surface area contributed by atoms with E-state index in [4.69, 9.17) is 9.47 Å². The minimum atomic E-state index is 0.0541. The molecule has 0 aromatic carbocycles. The molecule has 1 aliphatic heterocycles. The summed E-state index contributed by atoms with van der Waals surface area (Å²) in [7, 11) is 1.84. The van der Waals surface area contributed by atoms with Crippen LogP contribution < -0.4 is 0 Å². The van der Waals surface area contributed by atoms with E-state index in [9.17, 15) is 4.79 Å². The Labute approximate surface area is 109 Å². The molecule has 0 spiro atoms. The second-order valence-corrected chi connectivity index (χ2v) is 6.48. The fourth-order valence-electron chi connectivity index (χ4n) is 4.62. The lowest BCUT2D eigenvalue weighted by Crippen LogP contribution is -2.30. The zero-order valence-corrected chi connectivity index (χ0v) is 11.4. The highest BCUT2D eigenvalue weighted by Gasteiger charge is 2.47. The third kappa shape index (κ3) is 1.97. The van der Waals surface area contributed by atoms with Gasteiger partial charge in [0.05, 0.1) is 18.6 Å². The van der Waals surface area contributed by atoms with Crippen LogP contribution in [0.5, 0.6) is 0 Å². The molecule has 1 heterocycles. The molecule has 0 amide bonds. The van der Waals surface area contributed by atoms with Crippen molar-refractivity contribution in [3.63, 3.8) is 0 Å². The van der Waals surface area contributed by atoms with E-state index in [1.165, 1.54) is 19.3 Å². The molecule has 0 unspecified atom stereocenters. The van der Waals surface area contributed by atoms with Crippen LogP contribution in [0.2, 0.25) is 0 Å². The normalized spacial score (nSPS) is 48.0. The van der Waals surface area contributed by atoms with Crippen molar-refractivity contribution in [1.29, 1.82) is 0 Å². The second-order valence-electron chi connectivity index (χ2n) is 6.48. The van der Waals surface area contributed by atoms with Crippen molar-refractivity contribution in [1.82, 2.24) is 0 Å². The summed E-state index contributed by atoms with van der Waals surface area (Å²) in [5.74, 6) is 2.90. The topological polar surface area (TPSA) is 35.5 Å². The Morgan fingerprint density at radius 3 is 2.83 bits per heavy atom. The standard InChI is InChI=1S/C15H24O3/c1-9-6-14(17-2)13-7-10-8-18-15(16)12(10)5-3-4-11(9)13/h9-14H,3-8H2,1-2H3/t9-,10+,11-,12+,13+,14+/m0/s1. The first-order chi connectivity index (χ1) is 8.70. The lowest BCUT2D eigenvalue weighted by molar-refractivity contribution is -0.141. The van der Waals surface area contributed by atoms with Crippen LogP contribution in [0.3, 0.4) is 0 Å². The molecule has 0 aromatic rings. The summed E-state index contributed by atoms with van der Waals surface area (Å²) >= 11 is 0. The Hall–Kier alpha value is -0.570. The average molecular weight is 252 g/mol. The number of hydrogen-bond donors (Lipinski definition) is 0. The largest absolute Gasteiger partial charge is 0.465 e. The molecule has 0 radical (unpaired) electrons. The highest BCUT2D eigenvalue weighted by Crippen LogP contribution is 2.48. The number of fused-ring (bicyclic) bond motifs is 2. The van der Waals surface area contributed by atoms with Gasteiger partial charge in [0.2, 0.25) is 0 Å². The number of rotatable bonds is 1. The fourth-order valence-corrected chi connectivity index (χ4v) is 4.62. The summed E-state index contributed by atoms with van der Waals surface area (Å²) in [5, 5.41) is 0. The first-order valence-electron chi connectivity index (χ1n) is 7.40. The number of hydrogen-bond acceptors (Lipinski definition) is 3. The predicted molar refractivity (Wildman–Crippen MR) is 68.0 cm³/mol. The Balaban J connectivity index is 1.78. The number of carbonyl (C=O) groups is 1. The lowest BCUT2D eigenvalue weighted by atomic mass is 9.73. The summed E-state index contributed by atoms with van der Waals surface area (Å²) in [4.78, 5) is 11.7. The minimum absolute atomic E-state index is 0.0541. The SMILES string of the molecule is CO[C@@H]1C[C@H](C)[C@@H]2CCC[C@H]3C(=O)OC[C@H]3C[C@H]21. The quantitative estimate of drug-likeness (QED) is 0.673. The zero-order chi connectivity index (χ0) is 12.7. The van der Waals surface area contributed by atoms with Crippen LogP contribution in [0.25, 0.3) is 0 Å². The number of carbonyl (C=O) groups excluding carboxylic acids is 1. The van der Waals surface area contributed by atoms with E-state index in [1.54, 1.807) is 0 Å². The molecular formula is C15H24O3. The van der Waals surface area contributed by atoms with E-state index < -0.39 is 0 Å². The van der Waals surface area contributed by atoms with Gasteiger partial charge in [-0.25, -0.2) is 0 Å². The van der Waals surface area contributed by atoms with E-state index in [1.807, 2.05) is 7.11 Å². The first kappa shape index (κ1) is 12.5. The molecule has 1 saturated heterocycles. The maximum Gasteiger partial charge on any atom is 0.309 e. The Morgan fingerprint density at radius 1 is 1.22 bits per heavy atom. The zero-order valence-electron chi connectivity index (χ0n) is 11.4. The molecule has 2 aliphatic carbocycles. The number of ether oxygens (including phenoxy) is 2. The van der Waals surface area contributed by atoms with Crippen molar-refractivity contribution >= 4 is 5.97 Å². The Kier molecular flexibility index (Phi) is 3.35. The van der Waals surface area contributed by atoms with Crippen LogP contribution in [-0.4, -0.2) is 25.8 Å². The van der Waals surface area contributed by atoms with Gasteiger partial charge in [0.15, 0.2) is 0 Å². The molecule has 6 atom stereocenters. The van der Waals surface area contributed by atoms with Crippen LogP contribution in [0.15, 0.2) is 0 Å². The van der Waals surface area contributed by atoms with Gasteiger partial charge in [-0.1, -0.05) is 13.3 Å². The molecule has 3 aliphatic rings. The number of esters is 1. The van der Waals surface area contributed by atoms with Crippen LogP contribution in [0, 0.1) is 29.6 Å². The van der Waals surface area contributed by atoms with Crippen LogP contribution in [0.1, 0.15) is 39.0 Å². The van der Waals surface area contributed by atoms with E-state index in [2.05, 4.69) is 6.92 Å². The van der Waals surface area contributed by atoms with E-state index in [0.717, 1.165) is 24.7 Å². The van der Waals surface area contributed by atoms with Crippen molar-refractivity contribution in [2.45, 2.75) is 45.1 Å². The molecule has 3 nitrogen and oxygen atoms in total. The molecule has 0 aromatic heterocycles. The van der Waals surface area contributed by atoms with E-state index >= 15 is 0 Å². The number of cyclic esters (lactones) is 1. The van der Waals surface area contributed by atoms with Crippen molar-refractivity contribution < 1.29 is 14.3 Å². The molecule has 18 heavy (non-hydrogen) atoms. The van der Waals surface area contributed by atoms with Crippen molar-refractivity contribution in [3.8, 4) is 0 Å². The van der Waals surface area contributed by atoms with Crippen molar-refractivity contribution in [3.05, 3.63) is 0 Å². The molecule has 3 fully saturated rings. The maximum absolute atomic E-state index is 11.7. The summed E-state index contributed by atoms with van der Waals surface area (Å²) in [5.41, 5.74) is 0. The van der Waals surface area contributed by atoms with Crippen LogP contribution in [-0.2, 0) is 14.3 Å². The minimum Gasteiger partial charge on any atom is -0.465 e. The summed E-state index contributed by atoms with van der Waals surface area (Å²) in [6, 6.07) is 0. The highest BCUT2D eigenvalue weighted by atomic mass is 16.5. The van der Waals surface area contributed by atoms with Gasteiger partial charge in [-0.05, 0) is 43.4 Å². The maximum atomic E-state index is 11.7. The monoisotopic (exact) mass is 252 g/mol. The van der Waals surface area contributed by atoms with Gasteiger partial charge in [-0.3, -0.25) is 4.79 Å². The molecule has 0 N–H and O–H groups in total. The molecule has 102 valence electrons. The molecule has 0 bridgehead atoms. The number of methoxy groups -OCH3 is 1. The Morgan fingerprint density at radius 2 is 2.06 bits per heavy atom. The molecule has 3 heteroatoms. The predicted octanol–water partition coefficient (Wildman–Crippen LogP) is 2.64.